The highest BCUT2D eigenvalue weighted by Gasteiger charge is 2.79. The van der Waals surface area contributed by atoms with Crippen LogP contribution in [0.5, 0.6) is 0 Å². The van der Waals surface area contributed by atoms with Gasteiger partial charge in [-0.15, -0.1) is 0 Å². The van der Waals surface area contributed by atoms with Crippen molar-refractivity contribution in [2.24, 2.45) is 0 Å². The molecule has 1 fully saturated rings. The molecule has 284 valence electrons. The van der Waals surface area contributed by atoms with Crippen LogP contribution in [0.2, 0.25) is 0 Å². The van der Waals surface area contributed by atoms with Crippen LogP contribution in [0.1, 0.15) is 51.6 Å². The van der Waals surface area contributed by atoms with E-state index in [-0.39, 0.29) is 10.8 Å². The first-order valence-corrected chi connectivity index (χ1v) is 26.3. The third kappa shape index (κ3) is 1.24. The van der Waals surface area contributed by atoms with Crippen LogP contribution < -0.4 is 0 Å². The molecule has 0 heterocycles. The molecular formula is C69H8. The molecule has 1 saturated carbocycles. The highest BCUT2D eigenvalue weighted by atomic mass is 14.8. The molecule has 0 aliphatic heterocycles. The minimum Gasteiger partial charge on any atom is -0.0620 e. The van der Waals surface area contributed by atoms with E-state index in [0.717, 1.165) is 0 Å². The molecule has 0 heteroatoms. The predicted molar refractivity (Wildman–Crippen MR) is 290 cm³/mol. The van der Waals surface area contributed by atoms with E-state index in [1.165, 1.54) is 6.42 Å². The van der Waals surface area contributed by atoms with E-state index in [1.54, 1.807) is 302 Å². The van der Waals surface area contributed by atoms with Crippen molar-refractivity contribution in [1.82, 2.24) is 0 Å². The summed E-state index contributed by atoms with van der Waals surface area (Å²) in [5.74, 6) is 0.906. The first-order chi connectivity index (χ1) is 34.4. The second kappa shape index (κ2) is 5.42. The van der Waals surface area contributed by atoms with Gasteiger partial charge >= 0.3 is 0 Å². The molecule has 0 N–H and O–H groups in total. The van der Waals surface area contributed by atoms with Crippen LogP contribution in [0.3, 0.4) is 0 Å². The zero-order valence-corrected chi connectivity index (χ0v) is 35.2. The van der Waals surface area contributed by atoms with Crippen LogP contribution in [-0.2, 0) is 10.8 Å². The van der Waals surface area contributed by atoms with Crippen LogP contribution in [0.4, 0.5) is 0 Å². The summed E-state index contributed by atoms with van der Waals surface area (Å²) in [4.78, 5) is 0. The standard InChI is InChI=1S/C69H8/c1-2-4-7-6(3-1)8-5-9(7)69-66-58-50-40-30-22-14-11-10-12-16-18(14)26-32-24(16)34-28-20(12)21-13(10)17-19-15(11)23(22)31-37-27(19)33-25(17)35-29(21)39-38(28)48-42(34)52-46(32)54(44(50)36(26)30)62(66)60(52)64-56(48)57-49(39)43(35)53-47(33)55-45(37)51(41(31)40)59(58)67(69)63(55)61(53)65(57)68(8,64)69/h1-4,8-9H,5H2. The van der Waals surface area contributed by atoms with Crippen LogP contribution in [0.15, 0.2) is 24.3 Å². The average molecular weight is 837 g/mol. The summed E-state index contributed by atoms with van der Waals surface area (Å²) >= 11 is 0. The van der Waals surface area contributed by atoms with Crippen molar-refractivity contribution in [2.75, 3.05) is 0 Å². The van der Waals surface area contributed by atoms with E-state index in [4.69, 9.17) is 0 Å². The van der Waals surface area contributed by atoms with Gasteiger partial charge in [0.25, 0.3) is 0 Å². The summed E-state index contributed by atoms with van der Waals surface area (Å²) in [6.07, 6.45) is 1.27. The van der Waals surface area contributed by atoms with E-state index < -0.39 is 0 Å². The van der Waals surface area contributed by atoms with E-state index in [1.807, 2.05) is 22.3 Å². The molecule has 2 atom stereocenters. The first kappa shape index (κ1) is 24.6. The maximum atomic E-state index is 2.64. The van der Waals surface area contributed by atoms with Gasteiger partial charge in [-0.2, -0.15) is 0 Å². The summed E-state index contributed by atoms with van der Waals surface area (Å²) in [7, 11) is 0. The molecule has 29 aromatic carbocycles. The molecule has 0 amide bonds. The Morgan fingerprint density at radius 3 is 0.464 bits per heavy atom. The molecule has 7 aliphatic carbocycles. The number of hydrogen-bond donors (Lipinski definition) is 0. The van der Waals surface area contributed by atoms with E-state index >= 15 is 0 Å². The van der Waals surface area contributed by atoms with Gasteiger partial charge in [0, 0.05) is 10.8 Å². The van der Waals surface area contributed by atoms with Crippen molar-refractivity contribution >= 4 is 291 Å². The van der Waals surface area contributed by atoms with Gasteiger partial charge in [-0.1, -0.05) is 24.3 Å². The second-order valence-electron chi connectivity index (χ2n) is 26.3. The molecule has 2 spiro atoms. The highest BCUT2D eigenvalue weighted by Crippen LogP contribution is 2.90. The third-order valence-corrected chi connectivity index (χ3v) is 26.7. The maximum Gasteiger partial charge on any atom is 0.0441 e. The van der Waals surface area contributed by atoms with Crippen molar-refractivity contribution in [3.63, 3.8) is 0 Å². The van der Waals surface area contributed by atoms with Gasteiger partial charge in [0.15, 0.2) is 0 Å². The monoisotopic (exact) mass is 836 g/mol. The normalized spacial score (nSPS) is 25.2. The lowest BCUT2D eigenvalue weighted by molar-refractivity contribution is 0.316. The Kier molecular flexibility index (Phi) is 1.94. The minimum absolute atomic E-state index is 0.141. The van der Waals surface area contributed by atoms with Gasteiger partial charge in [0.2, 0.25) is 0 Å². The molecule has 0 aromatic heterocycles. The maximum absolute atomic E-state index is 2.64. The fourth-order valence-electron chi connectivity index (χ4n) is 27.1. The average Bonchev–Trinajstić information content (AvgIpc) is 4.25. The zero-order valence-electron chi connectivity index (χ0n) is 35.2. The number of rotatable bonds is 0. The summed E-state index contributed by atoms with van der Waals surface area (Å²) in [5.41, 5.74) is 10.5. The van der Waals surface area contributed by atoms with Gasteiger partial charge in [0.05, 0.1) is 0 Å². The van der Waals surface area contributed by atoms with Crippen molar-refractivity contribution in [2.45, 2.75) is 29.1 Å². The summed E-state index contributed by atoms with van der Waals surface area (Å²) in [5, 5.41) is 91.9. The number of hydrogen-bond acceptors (Lipinski definition) is 0. The smallest absolute Gasteiger partial charge is 0.0441 e. The van der Waals surface area contributed by atoms with Gasteiger partial charge in [-0.3, -0.25) is 0 Å². The molecular weight excluding hydrogens is 829 g/mol. The lowest BCUT2D eigenvalue weighted by Gasteiger charge is -2.57. The van der Waals surface area contributed by atoms with Crippen LogP contribution >= 0.6 is 0 Å². The Balaban J connectivity index is 1.20. The zero-order chi connectivity index (χ0) is 40.3. The van der Waals surface area contributed by atoms with Gasteiger partial charge in [0.1, 0.15) is 0 Å². The van der Waals surface area contributed by atoms with Crippen molar-refractivity contribution in [3.8, 4) is 0 Å². The van der Waals surface area contributed by atoms with Crippen molar-refractivity contribution in [1.29, 1.82) is 0 Å². The SMILES string of the molecule is c1ccc2c(c1)C1CC2C23c4c5c6c7c8c9c(c%10c%11c2c2c4c4c%12c5c5c6c6c8c8c%13c9c9c%10c%10c%11c%11c2c2c4c4c%12c%12c5c5c6c8c6c8c%13c9c9c%10c%10c%11c2c2c4c4c%12c5c6c5c8c9c%10c2c45)C713. The van der Waals surface area contributed by atoms with E-state index in [2.05, 4.69) is 24.3 Å². The van der Waals surface area contributed by atoms with Crippen LogP contribution in [-0.4, -0.2) is 0 Å². The van der Waals surface area contributed by atoms with Gasteiger partial charge in [-0.25, -0.2) is 0 Å². The Hall–Kier alpha value is -8.32. The third-order valence-electron chi connectivity index (χ3n) is 26.7. The van der Waals surface area contributed by atoms with Crippen molar-refractivity contribution < 1.29 is 0 Å². The molecule has 0 radical (unpaired) electrons. The number of benzene rings is 19. The molecule has 7 aliphatic rings. The lowest BCUT2D eigenvalue weighted by atomic mass is 9.43. The molecule has 2 bridgehead atoms. The Bertz CT molecular complexity index is 6820. The van der Waals surface area contributed by atoms with Crippen molar-refractivity contribution in [3.05, 3.63) is 57.6 Å². The lowest BCUT2D eigenvalue weighted by Crippen LogP contribution is -2.54. The molecule has 69 heavy (non-hydrogen) atoms. The fourth-order valence-corrected chi connectivity index (χ4v) is 27.1. The first-order valence-electron chi connectivity index (χ1n) is 26.3. The fraction of sp³-hybridized carbons (Fsp3) is 0.0725. The summed E-state index contributed by atoms with van der Waals surface area (Å²) in [6.45, 7) is 0. The quantitative estimate of drug-likeness (QED) is 0.134. The van der Waals surface area contributed by atoms with Crippen LogP contribution in [0.25, 0.3) is 291 Å². The topological polar surface area (TPSA) is 0 Å². The Morgan fingerprint density at radius 1 is 0.188 bits per heavy atom. The van der Waals surface area contributed by atoms with Gasteiger partial charge < -0.3 is 0 Å². The van der Waals surface area contributed by atoms with Gasteiger partial charge in [-0.05, 0) is 342 Å². The molecule has 36 rings (SSSR count). The van der Waals surface area contributed by atoms with E-state index in [9.17, 15) is 0 Å². The minimum atomic E-state index is -0.141. The molecule has 2 unspecified atom stereocenters. The summed E-state index contributed by atoms with van der Waals surface area (Å²) in [6, 6.07) is 10.1. The second-order valence-corrected chi connectivity index (χ2v) is 26.3. The Morgan fingerprint density at radius 2 is 0.319 bits per heavy atom. The summed E-state index contributed by atoms with van der Waals surface area (Å²) < 4.78 is 0. The molecule has 0 saturated heterocycles. The van der Waals surface area contributed by atoms with Crippen LogP contribution in [0, 0.1) is 0 Å². The molecule has 0 nitrogen and oxygen atoms in total. The molecule has 29 aromatic rings. The highest BCUT2D eigenvalue weighted by molar-refractivity contribution is 6.82. The van der Waals surface area contributed by atoms with E-state index in [0.29, 0.717) is 11.8 Å². The largest absolute Gasteiger partial charge is 0.0620 e. The Labute approximate surface area is 375 Å². The predicted octanol–water partition coefficient (Wildman–Crippen LogP) is 18.6.